The lowest BCUT2D eigenvalue weighted by atomic mass is 10.1. The molecule has 1 fully saturated rings. The molecule has 2 rings (SSSR count). The average Bonchev–Trinajstić information content (AvgIpc) is 2.57. The van der Waals surface area contributed by atoms with Gasteiger partial charge in [0, 0.05) is 25.1 Å². The minimum absolute atomic E-state index is 0.154. The molecule has 6 nitrogen and oxygen atoms in total. The number of aromatic nitrogens is 1. The predicted octanol–water partition coefficient (Wildman–Crippen LogP) is 0.376. The van der Waals surface area contributed by atoms with E-state index in [0.29, 0.717) is 17.3 Å². The van der Waals surface area contributed by atoms with E-state index in [1.165, 1.54) is 17.3 Å². The summed E-state index contributed by atoms with van der Waals surface area (Å²) in [6, 6.07) is 1.58. The zero-order valence-corrected chi connectivity index (χ0v) is 11.0. The highest BCUT2D eigenvalue weighted by atomic mass is 35.5. The van der Waals surface area contributed by atoms with Gasteiger partial charge in [0.1, 0.15) is 0 Å². The Labute approximate surface area is 110 Å². The third-order valence-electron chi connectivity index (χ3n) is 2.71. The van der Waals surface area contributed by atoms with E-state index in [1.54, 1.807) is 6.07 Å². The van der Waals surface area contributed by atoms with Gasteiger partial charge >= 0.3 is 0 Å². The van der Waals surface area contributed by atoms with Gasteiger partial charge in [-0.1, -0.05) is 11.6 Å². The van der Waals surface area contributed by atoms with Gasteiger partial charge in [0.2, 0.25) is 15.9 Å². The summed E-state index contributed by atoms with van der Waals surface area (Å²) in [5.74, 6) is -0.671. The molecule has 0 spiro atoms. The molecular formula is C10H12ClN3O3S. The van der Waals surface area contributed by atoms with E-state index in [9.17, 15) is 13.2 Å². The fourth-order valence-corrected chi connectivity index (χ4v) is 3.11. The first-order valence-corrected chi connectivity index (χ1v) is 7.36. The number of anilines is 1. The first kappa shape index (κ1) is 13.3. The number of carbonyl (C=O) groups excluding carboxylic acids is 1. The molecule has 1 amide bonds. The lowest BCUT2D eigenvalue weighted by Gasteiger charge is -2.17. The minimum Gasteiger partial charge on any atom is -0.309 e. The summed E-state index contributed by atoms with van der Waals surface area (Å²) in [7, 11) is -3.57. The van der Waals surface area contributed by atoms with E-state index < -0.39 is 10.0 Å². The zero-order valence-electron chi connectivity index (χ0n) is 9.41. The topological polar surface area (TPSA) is 93.4 Å². The maximum absolute atomic E-state index is 11.8. The molecule has 0 bridgehead atoms. The second kappa shape index (κ2) is 4.83. The van der Waals surface area contributed by atoms with E-state index >= 15 is 0 Å². The lowest BCUT2D eigenvalue weighted by Crippen LogP contribution is -2.27. The van der Waals surface area contributed by atoms with E-state index in [0.717, 1.165) is 0 Å². The Hall–Kier alpha value is -1.18. The van der Waals surface area contributed by atoms with Crippen molar-refractivity contribution < 1.29 is 13.2 Å². The van der Waals surface area contributed by atoms with Gasteiger partial charge in [0.25, 0.3) is 0 Å². The summed E-state index contributed by atoms with van der Waals surface area (Å²) in [5, 5.41) is 5.39. The number of primary sulfonamides is 1. The summed E-state index contributed by atoms with van der Waals surface area (Å²) < 4.78 is 22.0. The summed E-state index contributed by atoms with van der Waals surface area (Å²) in [6.07, 6.45) is 3.16. The number of carbonyl (C=O) groups is 1. The maximum Gasteiger partial charge on any atom is 0.227 e. The van der Waals surface area contributed by atoms with Gasteiger partial charge in [0.05, 0.1) is 22.7 Å². The third-order valence-corrected chi connectivity index (χ3v) is 3.97. The normalized spacial score (nSPS) is 20.4. The number of pyridine rings is 1. The van der Waals surface area contributed by atoms with Gasteiger partial charge in [-0.05, 0) is 6.07 Å². The molecule has 98 valence electrons. The molecule has 1 aliphatic rings. The number of nitrogens with zero attached hydrogens (tertiary/aromatic N) is 2. The van der Waals surface area contributed by atoms with Crippen molar-refractivity contribution in [1.82, 2.24) is 4.98 Å². The fourth-order valence-electron chi connectivity index (χ4n) is 2.02. The van der Waals surface area contributed by atoms with Gasteiger partial charge in [0.15, 0.2) is 0 Å². The van der Waals surface area contributed by atoms with Crippen molar-refractivity contribution in [3.05, 3.63) is 23.5 Å². The van der Waals surface area contributed by atoms with Crippen LogP contribution in [0, 0.1) is 5.92 Å². The number of amides is 1. The Morgan fingerprint density at radius 1 is 1.56 bits per heavy atom. The third kappa shape index (κ3) is 2.98. The summed E-state index contributed by atoms with van der Waals surface area (Å²) in [5.41, 5.74) is 0.501. The SMILES string of the molecule is NS(=O)(=O)CC1CC(=O)N(c2cnccc2Cl)C1. The molecule has 2 N–H and O–H groups in total. The van der Waals surface area contributed by atoms with Gasteiger partial charge in [-0.25, -0.2) is 13.6 Å². The zero-order chi connectivity index (χ0) is 13.3. The first-order valence-electron chi connectivity index (χ1n) is 5.27. The molecule has 0 aromatic carbocycles. The second-order valence-electron chi connectivity index (χ2n) is 4.23. The number of halogens is 1. The average molecular weight is 290 g/mol. The smallest absolute Gasteiger partial charge is 0.227 e. The van der Waals surface area contributed by atoms with Crippen molar-refractivity contribution >= 4 is 33.2 Å². The quantitative estimate of drug-likeness (QED) is 0.870. The number of hydrogen-bond donors (Lipinski definition) is 1. The van der Waals surface area contributed by atoms with Crippen LogP contribution in [0.5, 0.6) is 0 Å². The summed E-state index contributed by atoms with van der Waals surface area (Å²) in [6.45, 7) is 0.292. The van der Waals surface area contributed by atoms with Crippen molar-refractivity contribution in [2.45, 2.75) is 6.42 Å². The van der Waals surface area contributed by atoms with Crippen molar-refractivity contribution in [3.8, 4) is 0 Å². The fraction of sp³-hybridized carbons (Fsp3) is 0.400. The van der Waals surface area contributed by atoms with Crippen LogP contribution in [0.3, 0.4) is 0 Å². The van der Waals surface area contributed by atoms with E-state index in [4.69, 9.17) is 16.7 Å². The second-order valence-corrected chi connectivity index (χ2v) is 6.30. The predicted molar refractivity (Wildman–Crippen MR) is 67.7 cm³/mol. The largest absolute Gasteiger partial charge is 0.309 e. The van der Waals surface area contributed by atoms with Crippen LogP contribution in [0.4, 0.5) is 5.69 Å². The Bertz CT molecular complexity index is 575. The van der Waals surface area contributed by atoms with Crippen LogP contribution in [0.25, 0.3) is 0 Å². The van der Waals surface area contributed by atoms with Gasteiger partial charge < -0.3 is 4.90 Å². The number of nitrogens with two attached hydrogens (primary N) is 1. The van der Waals surface area contributed by atoms with Gasteiger partial charge in [-0.15, -0.1) is 0 Å². The Morgan fingerprint density at radius 2 is 2.28 bits per heavy atom. The molecule has 2 heterocycles. The Kier molecular flexibility index (Phi) is 3.56. The van der Waals surface area contributed by atoms with Crippen LogP contribution in [-0.2, 0) is 14.8 Å². The molecule has 1 aromatic rings. The van der Waals surface area contributed by atoms with Crippen molar-refractivity contribution in [2.24, 2.45) is 11.1 Å². The van der Waals surface area contributed by atoms with Gasteiger partial charge in [-0.2, -0.15) is 0 Å². The van der Waals surface area contributed by atoms with Crippen LogP contribution in [-0.4, -0.2) is 31.6 Å². The Balaban J connectivity index is 2.18. The number of sulfonamides is 1. The van der Waals surface area contributed by atoms with E-state index in [1.807, 2.05) is 0 Å². The van der Waals surface area contributed by atoms with Crippen LogP contribution in [0.15, 0.2) is 18.5 Å². The lowest BCUT2D eigenvalue weighted by molar-refractivity contribution is -0.117. The molecule has 1 atom stereocenters. The standard InChI is InChI=1S/C10H12ClN3O3S/c11-8-1-2-13-4-9(8)14-5-7(3-10(14)15)6-18(12,16)17/h1-2,4,7H,3,5-6H2,(H2,12,16,17). The molecule has 8 heteroatoms. The van der Waals surface area contributed by atoms with Gasteiger partial charge in [-0.3, -0.25) is 9.78 Å². The highest BCUT2D eigenvalue weighted by Gasteiger charge is 2.33. The minimum atomic E-state index is -3.57. The number of rotatable bonds is 3. The monoisotopic (exact) mass is 289 g/mol. The highest BCUT2D eigenvalue weighted by Crippen LogP contribution is 2.30. The highest BCUT2D eigenvalue weighted by molar-refractivity contribution is 7.89. The molecular weight excluding hydrogens is 278 g/mol. The van der Waals surface area contributed by atoms with E-state index in [-0.39, 0.29) is 24.0 Å². The summed E-state index contributed by atoms with van der Waals surface area (Å²) >= 11 is 5.97. The molecule has 1 unspecified atom stereocenters. The molecule has 1 aromatic heterocycles. The van der Waals surface area contributed by atoms with Crippen molar-refractivity contribution in [3.63, 3.8) is 0 Å². The molecule has 1 saturated heterocycles. The summed E-state index contributed by atoms with van der Waals surface area (Å²) in [4.78, 5) is 17.2. The van der Waals surface area contributed by atoms with Crippen molar-refractivity contribution in [1.29, 1.82) is 0 Å². The molecule has 0 radical (unpaired) electrons. The van der Waals surface area contributed by atoms with E-state index in [2.05, 4.69) is 4.98 Å². The van der Waals surface area contributed by atoms with Crippen LogP contribution in [0.1, 0.15) is 6.42 Å². The maximum atomic E-state index is 11.8. The van der Waals surface area contributed by atoms with Crippen molar-refractivity contribution in [2.75, 3.05) is 17.2 Å². The van der Waals surface area contributed by atoms with Crippen LogP contribution >= 0.6 is 11.6 Å². The number of hydrogen-bond acceptors (Lipinski definition) is 4. The molecule has 18 heavy (non-hydrogen) atoms. The molecule has 0 aliphatic carbocycles. The first-order chi connectivity index (χ1) is 8.37. The molecule has 1 aliphatic heterocycles. The van der Waals surface area contributed by atoms with Crippen LogP contribution in [0.2, 0.25) is 5.02 Å². The van der Waals surface area contributed by atoms with Crippen LogP contribution < -0.4 is 10.0 Å². The Morgan fingerprint density at radius 3 is 2.89 bits per heavy atom. The molecule has 0 saturated carbocycles.